The largest absolute Gasteiger partial charge is 0.461 e. The first-order valence-electron chi connectivity index (χ1n) is 7.55. The fourth-order valence-electron chi connectivity index (χ4n) is 2.59. The van der Waals surface area contributed by atoms with Crippen molar-refractivity contribution < 1.29 is 9.53 Å². The number of hydrogen-bond acceptors (Lipinski definition) is 5. The Morgan fingerprint density at radius 3 is 3.00 bits per heavy atom. The van der Waals surface area contributed by atoms with Crippen LogP contribution in [-0.4, -0.2) is 22.5 Å². The Bertz CT molecular complexity index is 837. The molecule has 2 aromatic heterocycles. The van der Waals surface area contributed by atoms with Crippen molar-refractivity contribution in [3.05, 3.63) is 51.6 Å². The number of ether oxygens (including phenoxy) is 1. The number of nitrogens with one attached hydrogen (secondary N) is 1. The standard InChI is InChI=1S/C17H19N3O2S/c1-3-22-17(21)15-10(2)23-16(20-15)13(18)8-11-9-19-14-7-5-4-6-12(11)14/h4-7,9,13,19H,3,8,18H2,1-2H3/t13-/m1/s1. The zero-order valence-corrected chi connectivity index (χ0v) is 13.9. The van der Waals surface area contributed by atoms with E-state index in [1.165, 1.54) is 16.7 Å². The molecule has 3 rings (SSSR count). The van der Waals surface area contributed by atoms with Crippen LogP contribution in [0.25, 0.3) is 10.9 Å². The lowest BCUT2D eigenvalue weighted by molar-refractivity contribution is 0.0519. The van der Waals surface area contributed by atoms with Crippen molar-refractivity contribution in [1.29, 1.82) is 0 Å². The van der Waals surface area contributed by atoms with E-state index >= 15 is 0 Å². The van der Waals surface area contributed by atoms with Crippen molar-refractivity contribution in [2.24, 2.45) is 5.73 Å². The summed E-state index contributed by atoms with van der Waals surface area (Å²) in [6.07, 6.45) is 2.65. The van der Waals surface area contributed by atoms with E-state index in [0.717, 1.165) is 21.0 Å². The summed E-state index contributed by atoms with van der Waals surface area (Å²) in [7, 11) is 0. The molecule has 0 saturated carbocycles. The van der Waals surface area contributed by atoms with E-state index in [1.54, 1.807) is 6.92 Å². The molecule has 0 spiro atoms. The molecule has 3 aromatic rings. The number of H-pyrrole nitrogens is 1. The minimum Gasteiger partial charge on any atom is -0.461 e. The van der Waals surface area contributed by atoms with Crippen LogP contribution in [0.3, 0.4) is 0 Å². The summed E-state index contributed by atoms with van der Waals surface area (Å²) in [6.45, 7) is 3.99. The van der Waals surface area contributed by atoms with Crippen LogP contribution in [0.2, 0.25) is 0 Å². The smallest absolute Gasteiger partial charge is 0.358 e. The van der Waals surface area contributed by atoms with Crippen molar-refractivity contribution in [3.8, 4) is 0 Å². The Balaban J connectivity index is 1.82. The third-order valence-electron chi connectivity index (χ3n) is 3.71. The molecule has 0 aliphatic carbocycles. The van der Waals surface area contributed by atoms with E-state index in [4.69, 9.17) is 10.5 Å². The Hall–Kier alpha value is -2.18. The molecule has 2 heterocycles. The van der Waals surface area contributed by atoms with Crippen molar-refractivity contribution in [1.82, 2.24) is 9.97 Å². The topological polar surface area (TPSA) is 81.0 Å². The highest BCUT2D eigenvalue weighted by molar-refractivity contribution is 7.11. The summed E-state index contributed by atoms with van der Waals surface area (Å²) in [4.78, 5) is 20.4. The number of aromatic nitrogens is 2. The second-order valence-corrected chi connectivity index (χ2v) is 6.58. The van der Waals surface area contributed by atoms with Crippen LogP contribution in [0.1, 0.15) is 38.9 Å². The van der Waals surface area contributed by atoms with Gasteiger partial charge in [0.1, 0.15) is 5.01 Å². The number of carbonyl (C=O) groups excluding carboxylic acids is 1. The normalized spacial score (nSPS) is 12.5. The van der Waals surface area contributed by atoms with Crippen LogP contribution in [0.4, 0.5) is 0 Å². The summed E-state index contributed by atoms with van der Waals surface area (Å²) < 4.78 is 5.02. The number of para-hydroxylation sites is 1. The molecule has 6 heteroatoms. The number of thiazole rings is 1. The fourth-order valence-corrected chi connectivity index (χ4v) is 3.50. The fraction of sp³-hybridized carbons (Fsp3) is 0.294. The third kappa shape index (κ3) is 3.13. The van der Waals surface area contributed by atoms with E-state index in [9.17, 15) is 4.79 Å². The minimum atomic E-state index is -0.383. The van der Waals surface area contributed by atoms with Gasteiger partial charge in [-0.15, -0.1) is 11.3 Å². The van der Waals surface area contributed by atoms with E-state index in [2.05, 4.69) is 16.0 Å². The first-order valence-corrected chi connectivity index (χ1v) is 8.36. The van der Waals surface area contributed by atoms with Gasteiger partial charge in [0.2, 0.25) is 0 Å². The minimum absolute atomic E-state index is 0.249. The molecule has 1 atom stereocenters. The lowest BCUT2D eigenvalue weighted by atomic mass is 10.1. The predicted octanol–water partition coefficient (Wildman–Crippen LogP) is 3.35. The number of fused-ring (bicyclic) bond motifs is 1. The average molecular weight is 329 g/mol. The molecular weight excluding hydrogens is 310 g/mol. The molecule has 120 valence electrons. The number of benzene rings is 1. The summed E-state index contributed by atoms with van der Waals surface area (Å²) >= 11 is 1.46. The van der Waals surface area contributed by atoms with Crippen LogP contribution in [0.5, 0.6) is 0 Å². The maximum atomic E-state index is 11.9. The zero-order chi connectivity index (χ0) is 16.4. The summed E-state index contributed by atoms with van der Waals surface area (Å²) in [5.41, 5.74) is 8.94. The van der Waals surface area contributed by atoms with Crippen LogP contribution in [0.15, 0.2) is 30.5 Å². The highest BCUT2D eigenvalue weighted by atomic mass is 32.1. The van der Waals surface area contributed by atoms with Crippen LogP contribution >= 0.6 is 11.3 Å². The van der Waals surface area contributed by atoms with Crippen LogP contribution in [-0.2, 0) is 11.2 Å². The van der Waals surface area contributed by atoms with E-state index < -0.39 is 0 Å². The van der Waals surface area contributed by atoms with Crippen LogP contribution < -0.4 is 5.73 Å². The van der Waals surface area contributed by atoms with Gasteiger partial charge in [0, 0.05) is 22.0 Å². The molecule has 1 aromatic carbocycles. The van der Waals surface area contributed by atoms with Gasteiger partial charge >= 0.3 is 5.97 Å². The van der Waals surface area contributed by atoms with Gasteiger partial charge in [0.25, 0.3) is 0 Å². The lowest BCUT2D eigenvalue weighted by Gasteiger charge is -2.07. The predicted molar refractivity (Wildman–Crippen MR) is 91.7 cm³/mol. The summed E-state index contributed by atoms with van der Waals surface area (Å²) in [5.74, 6) is -0.383. The van der Waals surface area contributed by atoms with Gasteiger partial charge in [-0.3, -0.25) is 0 Å². The van der Waals surface area contributed by atoms with Gasteiger partial charge in [-0.1, -0.05) is 18.2 Å². The molecule has 0 radical (unpaired) electrons. The Labute approximate surface area is 138 Å². The lowest BCUT2D eigenvalue weighted by Crippen LogP contribution is -2.14. The molecule has 0 saturated heterocycles. The van der Waals surface area contributed by atoms with Gasteiger partial charge < -0.3 is 15.5 Å². The monoisotopic (exact) mass is 329 g/mol. The van der Waals surface area contributed by atoms with Gasteiger partial charge in [-0.25, -0.2) is 9.78 Å². The van der Waals surface area contributed by atoms with Crippen molar-refractivity contribution >= 4 is 28.2 Å². The molecule has 3 N–H and O–H groups in total. The summed E-state index contributed by atoms with van der Waals surface area (Å²) in [6, 6.07) is 7.87. The number of rotatable bonds is 5. The highest BCUT2D eigenvalue weighted by Gasteiger charge is 2.20. The highest BCUT2D eigenvalue weighted by Crippen LogP contribution is 2.27. The first-order chi connectivity index (χ1) is 11.1. The molecule has 0 fully saturated rings. The van der Waals surface area contributed by atoms with E-state index in [1.807, 2.05) is 31.3 Å². The maximum absolute atomic E-state index is 11.9. The Morgan fingerprint density at radius 1 is 1.43 bits per heavy atom. The number of esters is 1. The first kappa shape index (κ1) is 15.7. The molecule has 0 bridgehead atoms. The number of aryl methyl sites for hydroxylation is 1. The van der Waals surface area contributed by atoms with Gasteiger partial charge in [-0.2, -0.15) is 0 Å². The molecule has 5 nitrogen and oxygen atoms in total. The van der Waals surface area contributed by atoms with Crippen LogP contribution in [0, 0.1) is 6.92 Å². The van der Waals surface area contributed by atoms with E-state index in [0.29, 0.717) is 18.7 Å². The Morgan fingerprint density at radius 2 is 2.22 bits per heavy atom. The second-order valence-electron chi connectivity index (χ2n) is 5.35. The number of aromatic amines is 1. The molecular formula is C17H19N3O2S. The van der Waals surface area contributed by atoms with Crippen molar-refractivity contribution in [2.45, 2.75) is 26.3 Å². The average Bonchev–Trinajstić information content (AvgIpc) is 3.12. The van der Waals surface area contributed by atoms with Crippen molar-refractivity contribution in [3.63, 3.8) is 0 Å². The number of hydrogen-bond donors (Lipinski definition) is 2. The SMILES string of the molecule is CCOC(=O)c1nc([C@H](N)Cc2c[nH]c3ccccc23)sc1C. The number of carbonyl (C=O) groups is 1. The van der Waals surface area contributed by atoms with Gasteiger partial charge in [0.05, 0.1) is 12.6 Å². The maximum Gasteiger partial charge on any atom is 0.358 e. The zero-order valence-electron chi connectivity index (χ0n) is 13.1. The second kappa shape index (κ2) is 6.52. The van der Waals surface area contributed by atoms with Crippen molar-refractivity contribution in [2.75, 3.05) is 6.61 Å². The molecule has 23 heavy (non-hydrogen) atoms. The van der Waals surface area contributed by atoms with Gasteiger partial charge in [-0.05, 0) is 31.9 Å². The Kier molecular flexibility index (Phi) is 4.45. The molecule has 0 unspecified atom stereocenters. The van der Waals surface area contributed by atoms with E-state index in [-0.39, 0.29) is 12.0 Å². The molecule has 0 amide bonds. The molecule has 0 aliphatic heterocycles. The van der Waals surface area contributed by atoms with Gasteiger partial charge in [0.15, 0.2) is 5.69 Å². The summed E-state index contributed by atoms with van der Waals surface area (Å²) in [5, 5.41) is 1.93. The third-order valence-corrected chi connectivity index (χ3v) is 4.82. The quantitative estimate of drug-likeness (QED) is 0.703. The number of nitrogens with two attached hydrogens (primary N) is 1. The molecule has 0 aliphatic rings. The number of nitrogens with zero attached hydrogens (tertiary/aromatic N) is 1.